The SMILES string of the molecule is CCOCCOC(=O)CC(O)[C@H](Cc1ccc([N+](=O)[O-])cc1)NC(=O)OC(C)(C)C. The third-order valence-electron chi connectivity index (χ3n) is 3.84. The van der Waals surface area contributed by atoms with Crippen molar-refractivity contribution in [1.82, 2.24) is 5.32 Å². The van der Waals surface area contributed by atoms with Gasteiger partial charge in [0.25, 0.3) is 5.69 Å². The lowest BCUT2D eigenvalue weighted by Crippen LogP contribution is -2.47. The maximum Gasteiger partial charge on any atom is 0.407 e. The summed E-state index contributed by atoms with van der Waals surface area (Å²) in [7, 11) is 0. The summed E-state index contributed by atoms with van der Waals surface area (Å²) in [6.07, 6.45) is -2.23. The van der Waals surface area contributed by atoms with Gasteiger partial charge in [-0.2, -0.15) is 0 Å². The number of rotatable bonds is 11. The molecule has 0 spiro atoms. The first-order valence-corrected chi connectivity index (χ1v) is 9.66. The van der Waals surface area contributed by atoms with E-state index in [1.165, 1.54) is 24.3 Å². The van der Waals surface area contributed by atoms with Crippen LogP contribution >= 0.6 is 0 Å². The molecule has 1 amide bonds. The molecule has 2 N–H and O–H groups in total. The maximum atomic E-state index is 12.2. The van der Waals surface area contributed by atoms with E-state index in [-0.39, 0.29) is 31.7 Å². The second-order valence-electron chi connectivity index (χ2n) is 7.57. The highest BCUT2D eigenvalue weighted by molar-refractivity contribution is 5.71. The van der Waals surface area contributed by atoms with Gasteiger partial charge in [-0.15, -0.1) is 0 Å². The summed E-state index contributed by atoms with van der Waals surface area (Å²) >= 11 is 0. The molecule has 168 valence electrons. The predicted octanol–water partition coefficient (Wildman–Crippen LogP) is 2.36. The minimum Gasteiger partial charge on any atom is -0.463 e. The van der Waals surface area contributed by atoms with Crippen LogP contribution in [0.25, 0.3) is 0 Å². The van der Waals surface area contributed by atoms with E-state index in [1.54, 1.807) is 20.8 Å². The molecule has 1 aromatic rings. The molecule has 10 heteroatoms. The Morgan fingerprint density at radius 1 is 1.20 bits per heavy atom. The van der Waals surface area contributed by atoms with Crippen LogP contribution in [0.1, 0.15) is 39.7 Å². The van der Waals surface area contributed by atoms with Gasteiger partial charge in [0.05, 0.1) is 30.1 Å². The van der Waals surface area contributed by atoms with Gasteiger partial charge in [-0.1, -0.05) is 12.1 Å². The van der Waals surface area contributed by atoms with Crippen molar-refractivity contribution in [3.63, 3.8) is 0 Å². The molecule has 0 aliphatic carbocycles. The van der Waals surface area contributed by atoms with Crippen LogP contribution in [0, 0.1) is 10.1 Å². The number of nitrogens with one attached hydrogen (secondary N) is 1. The lowest BCUT2D eigenvalue weighted by molar-refractivity contribution is -0.384. The number of aliphatic hydroxyl groups excluding tert-OH is 1. The number of hydrogen-bond donors (Lipinski definition) is 2. The Hall–Kier alpha value is -2.72. The van der Waals surface area contributed by atoms with E-state index < -0.39 is 34.7 Å². The van der Waals surface area contributed by atoms with Gasteiger partial charge in [0.1, 0.15) is 12.2 Å². The third kappa shape index (κ3) is 10.2. The number of hydrogen-bond acceptors (Lipinski definition) is 8. The minimum absolute atomic E-state index is 0.0614. The van der Waals surface area contributed by atoms with Gasteiger partial charge >= 0.3 is 12.1 Å². The minimum atomic E-state index is -1.26. The van der Waals surface area contributed by atoms with Gasteiger partial charge in [0.15, 0.2) is 0 Å². The summed E-state index contributed by atoms with van der Waals surface area (Å²) in [4.78, 5) is 34.4. The average Bonchev–Trinajstić information content (AvgIpc) is 2.63. The van der Waals surface area contributed by atoms with Gasteiger partial charge in [-0.3, -0.25) is 14.9 Å². The molecule has 0 aliphatic heterocycles. The van der Waals surface area contributed by atoms with Crippen LogP contribution in [-0.4, -0.2) is 59.7 Å². The van der Waals surface area contributed by atoms with Gasteiger partial charge in [0.2, 0.25) is 0 Å². The van der Waals surface area contributed by atoms with Gasteiger partial charge in [-0.25, -0.2) is 4.79 Å². The number of ether oxygens (including phenoxy) is 3. The van der Waals surface area contributed by atoms with E-state index >= 15 is 0 Å². The zero-order valence-corrected chi connectivity index (χ0v) is 17.8. The molecule has 0 bridgehead atoms. The predicted molar refractivity (Wildman–Crippen MR) is 108 cm³/mol. The summed E-state index contributed by atoms with van der Waals surface area (Å²) < 4.78 is 15.3. The molecule has 0 fully saturated rings. The number of esters is 1. The number of alkyl carbamates (subject to hydrolysis) is 1. The molecule has 0 heterocycles. The van der Waals surface area contributed by atoms with E-state index in [0.29, 0.717) is 12.2 Å². The quantitative estimate of drug-likeness (QED) is 0.238. The molecule has 0 radical (unpaired) electrons. The van der Waals surface area contributed by atoms with Crippen LogP contribution in [0.2, 0.25) is 0 Å². The molecule has 0 saturated carbocycles. The molecule has 0 aromatic heterocycles. The standard InChI is InChI=1S/C20H30N2O8/c1-5-28-10-11-29-18(24)13-17(23)16(21-19(25)30-20(2,3)4)12-14-6-8-15(9-7-14)22(26)27/h6-9,16-17,23H,5,10-13H2,1-4H3,(H,21,25)/t16-,17?/m0/s1. The van der Waals surface area contributed by atoms with E-state index in [0.717, 1.165) is 0 Å². The molecule has 2 atom stereocenters. The summed E-state index contributed by atoms with van der Waals surface area (Å²) in [5.74, 6) is -0.637. The lowest BCUT2D eigenvalue weighted by atomic mass is 9.99. The largest absolute Gasteiger partial charge is 0.463 e. The van der Waals surface area contributed by atoms with Crippen LogP contribution < -0.4 is 5.32 Å². The van der Waals surface area contributed by atoms with Crippen molar-refractivity contribution in [3.05, 3.63) is 39.9 Å². The van der Waals surface area contributed by atoms with E-state index in [1.807, 2.05) is 6.92 Å². The highest BCUT2D eigenvalue weighted by atomic mass is 16.6. The lowest BCUT2D eigenvalue weighted by Gasteiger charge is -2.26. The number of non-ortho nitro benzene ring substituents is 1. The summed E-state index contributed by atoms with van der Waals surface area (Å²) in [5, 5.41) is 23.9. The number of carbonyl (C=O) groups is 2. The summed E-state index contributed by atoms with van der Waals surface area (Å²) in [6.45, 7) is 7.72. The number of aliphatic hydroxyl groups is 1. The number of carbonyl (C=O) groups excluding carboxylic acids is 2. The monoisotopic (exact) mass is 426 g/mol. The smallest absolute Gasteiger partial charge is 0.407 e. The topological polar surface area (TPSA) is 137 Å². The van der Waals surface area contributed by atoms with Crippen LogP contribution in [-0.2, 0) is 25.4 Å². The molecule has 0 saturated heterocycles. The number of benzene rings is 1. The zero-order chi connectivity index (χ0) is 22.7. The van der Waals surface area contributed by atoms with Crippen molar-refractivity contribution < 1.29 is 33.8 Å². The van der Waals surface area contributed by atoms with Crippen molar-refractivity contribution in [2.45, 2.75) is 58.3 Å². The van der Waals surface area contributed by atoms with Gasteiger partial charge in [0, 0.05) is 18.7 Å². The van der Waals surface area contributed by atoms with Crippen LogP contribution in [0.15, 0.2) is 24.3 Å². The average molecular weight is 426 g/mol. The molecule has 1 aromatic carbocycles. The number of amides is 1. The Morgan fingerprint density at radius 3 is 2.37 bits per heavy atom. The van der Waals surface area contributed by atoms with Crippen LogP contribution in [0.4, 0.5) is 10.5 Å². The third-order valence-corrected chi connectivity index (χ3v) is 3.84. The van der Waals surface area contributed by atoms with E-state index in [2.05, 4.69) is 5.32 Å². The van der Waals surface area contributed by atoms with Crippen LogP contribution in [0.5, 0.6) is 0 Å². The molecular formula is C20H30N2O8. The first kappa shape index (κ1) is 25.3. The van der Waals surface area contributed by atoms with E-state index in [9.17, 15) is 24.8 Å². The Bertz CT molecular complexity index is 700. The van der Waals surface area contributed by atoms with E-state index in [4.69, 9.17) is 14.2 Å². The molecule has 30 heavy (non-hydrogen) atoms. The highest BCUT2D eigenvalue weighted by Crippen LogP contribution is 2.16. The van der Waals surface area contributed by atoms with Gasteiger partial charge in [-0.05, 0) is 39.7 Å². The fourth-order valence-electron chi connectivity index (χ4n) is 2.48. The van der Waals surface area contributed by atoms with Crippen molar-refractivity contribution in [3.8, 4) is 0 Å². The molecule has 10 nitrogen and oxygen atoms in total. The second-order valence-corrected chi connectivity index (χ2v) is 7.57. The highest BCUT2D eigenvalue weighted by Gasteiger charge is 2.27. The summed E-state index contributed by atoms with van der Waals surface area (Å²) in [5.41, 5.74) is -0.190. The molecule has 1 unspecified atom stereocenters. The number of nitrogens with zero attached hydrogens (tertiary/aromatic N) is 1. The molecule has 0 aliphatic rings. The number of nitro benzene ring substituents is 1. The first-order chi connectivity index (χ1) is 14.0. The second kappa shape index (κ2) is 12.1. The molecular weight excluding hydrogens is 396 g/mol. The Kier molecular flexibility index (Phi) is 10.2. The fraction of sp³-hybridized carbons (Fsp3) is 0.600. The van der Waals surface area contributed by atoms with Crippen LogP contribution in [0.3, 0.4) is 0 Å². The Morgan fingerprint density at radius 2 is 1.83 bits per heavy atom. The Labute approximate surface area is 175 Å². The maximum absolute atomic E-state index is 12.2. The fourth-order valence-corrected chi connectivity index (χ4v) is 2.48. The number of nitro groups is 1. The van der Waals surface area contributed by atoms with Crippen molar-refractivity contribution in [1.29, 1.82) is 0 Å². The van der Waals surface area contributed by atoms with Gasteiger partial charge < -0.3 is 24.6 Å². The van der Waals surface area contributed by atoms with Crippen molar-refractivity contribution in [2.24, 2.45) is 0 Å². The first-order valence-electron chi connectivity index (χ1n) is 9.66. The normalized spacial score (nSPS) is 13.2. The summed E-state index contributed by atoms with van der Waals surface area (Å²) in [6, 6.07) is 4.83. The Balaban J connectivity index is 2.81. The molecule has 1 rings (SSSR count). The van der Waals surface area contributed by atoms with Crippen molar-refractivity contribution in [2.75, 3.05) is 19.8 Å². The van der Waals surface area contributed by atoms with Crippen molar-refractivity contribution >= 4 is 17.7 Å². The zero-order valence-electron chi connectivity index (χ0n) is 17.8.